The Morgan fingerprint density at radius 1 is 1.38 bits per heavy atom. The molecule has 2 rings (SSSR count). The van der Waals surface area contributed by atoms with E-state index in [-0.39, 0.29) is 17.9 Å². The Bertz CT molecular complexity index is 694. The first kappa shape index (κ1) is 15.8. The van der Waals surface area contributed by atoms with Gasteiger partial charge in [0, 0.05) is 26.4 Å². The number of rotatable bonds is 4. The van der Waals surface area contributed by atoms with Crippen molar-refractivity contribution in [2.75, 3.05) is 5.32 Å². The summed E-state index contributed by atoms with van der Waals surface area (Å²) >= 11 is 8.04. The summed E-state index contributed by atoms with van der Waals surface area (Å²) in [6.45, 7) is 0.274. The standard InChI is InChI=1S/C14H12ClFIN3O/c15-9-4-5-12(11(17)6-9)19-7-8-2-1-3-10(13(8)16)14(18)20-21/h1-6,19,21H,7H2,(H2,18,20). The number of oxime groups is 1. The molecule has 0 fully saturated rings. The predicted molar refractivity (Wildman–Crippen MR) is 90.4 cm³/mol. The van der Waals surface area contributed by atoms with Crippen molar-refractivity contribution in [1.29, 1.82) is 0 Å². The maximum absolute atomic E-state index is 14.2. The minimum Gasteiger partial charge on any atom is -0.409 e. The van der Waals surface area contributed by atoms with Gasteiger partial charge in [-0.2, -0.15) is 0 Å². The van der Waals surface area contributed by atoms with Crippen LogP contribution in [-0.2, 0) is 6.54 Å². The zero-order valence-electron chi connectivity index (χ0n) is 10.8. The number of amidine groups is 1. The summed E-state index contributed by atoms with van der Waals surface area (Å²) in [5.74, 6) is -0.764. The van der Waals surface area contributed by atoms with Crippen LogP contribution in [0.4, 0.5) is 10.1 Å². The normalized spacial score (nSPS) is 11.5. The van der Waals surface area contributed by atoms with E-state index in [1.807, 2.05) is 12.1 Å². The second-order valence-electron chi connectivity index (χ2n) is 4.24. The van der Waals surface area contributed by atoms with Crippen molar-refractivity contribution in [1.82, 2.24) is 0 Å². The van der Waals surface area contributed by atoms with Crippen LogP contribution in [0.3, 0.4) is 0 Å². The second-order valence-corrected chi connectivity index (χ2v) is 5.84. The number of nitrogens with zero attached hydrogens (tertiary/aromatic N) is 1. The molecular formula is C14H12ClFIN3O. The molecule has 0 aliphatic rings. The predicted octanol–water partition coefficient (Wildman–Crippen LogP) is 3.79. The fourth-order valence-corrected chi connectivity index (χ4v) is 2.85. The fourth-order valence-electron chi connectivity index (χ4n) is 1.79. The lowest BCUT2D eigenvalue weighted by atomic mass is 10.1. The number of nitrogens with one attached hydrogen (secondary N) is 1. The Morgan fingerprint density at radius 3 is 2.81 bits per heavy atom. The number of hydrogen-bond donors (Lipinski definition) is 3. The molecule has 110 valence electrons. The first-order valence-corrected chi connectivity index (χ1v) is 7.43. The van der Waals surface area contributed by atoms with Gasteiger partial charge in [0.05, 0.1) is 5.56 Å². The molecule has 4 nitrogen and oxygen atoms in total. The topological polar surface area (TPSA) is 70.6 Å². The SMILES string of the molecule is N/C(=N/O)c1cccc(CNc2ccc(Cl)cc2I)c1F. The molecule has 0 aliphatic carbocycles. The lowest BCUT2D eigenvalue weighted by molar-refractivity contribution is 0.318. The van der Waals surface area contributed by atoms with Crippen LogP contribution in [0.5, 0.6) is 0 Å². The van der Waals surface area contributed by atoms with E-state index in [9.17, 15) is 4.39 Å². The van der Waals surface area contributed by atoms with Gasteiger partial charge >= 0.3 is 0 Å². The maximum atomic E-state index is 14.2. The van der Waals surface area contributed by atoms with Gasteiger partial charge in [-0.05, 0) is 46.9 Å². The lowest BCUT2D eigenvalue weighted by Crippen LogP contribution is -2.16. The summed E-state index contributed by atoms with van der Waals surface area (Å²) in [4.78, 5) is 0. The van der Waals surface area contributed by atoms with Crippen molar-refractivity contribution in [2.24, 2.45) is 10.9 Å². The number of anilines is 1. The number of hydrogen-bond acceptors (Lipinski definition) is 3. The molecule has 0 amide bonds. The third-order valence-corrected chi connectivity index (χ3v) is 3.99. The lowest BCUT2D eigenvalue weighted by Gasteiger charge is -2.11. The van der Waals surface area contributed by atoms with E-state index in [0.717, 1.165) is 9.26 Å². The van der Waals surface area contributed by atoms with Crippen molar-refractivity contribution < 1.29 is 9.60 Å². The van der Waals surface area contributed by atoms with Crippen molar-refractivity contribution in [3.8, 4) is 0 Å². The third-order valence-electron chi connectivity index (χ3n) is 2.86. The molecule has 0 unspecified atom stereocenters. The van der Waals surface area contributed by atoms with Crippen molar-refractivity contribution >= 4 is 45.7 Å². The van der Waals surface area contributed by atoms with Crippen LogP contribution >= 0.6 is 34.2 Å². The zero-order chi connectivity index (χ0) is 15.4. The van der Waals surface area contributed by atoms with Crippen molar-refractivity contribution in [3.63, 3.8) is 0 Å². The average molecular weight is 420 g/mol. The molecular weight excluding hydrogens is 408 g/mol. The van der Waals surface area contributed by atoms with Gasteiger partial charge in [0.1, 0.15) is 5.82 Å². The molecule has 21 heavy (non-hydrogen) atoms. The van der Waals surface area contributed by atoms with Gasteiger partial charge in [0.15, 0.2) is 5.84 Å². The van der Waals surface area contributed by atoms with Gasteiger partial charge in [-0.1, -0.05) is 28.9 Å². The molecule has 7 heteroatoms. The average Bonchev–Trinajstić information content (AvgIpc) is 2.47. The first-order valence-electron chi connectivity index (χ1n) is 5.97. The fraction of sp³-hybridized carbons (Fsp3) is 0.0714. The monoisotopic (exact) mass is 419 g/mol. The van der Waals surface area contributed by atoms with Gasteiger partial charge < -0.3 is 16.3 Å². The van der Waals surface area contributed by atoms with E-state index in [1.54, 1.807) is 18.2 Å². The van der Waals surface area contributed by atoms with E-state index in [2.05, 4.69) is 33.1 Å². The summed E-state index contributed by atoms with van der Waals surface area (Å²) in [5.41, 5.74) is 6.78. The summed E-state index contributed by atoms with van der Waals surface area (Å²) in [5, 5.41) is 15.2. The van der Waals surface area contributed by atoms with E-state index in [1.165, 1.54) is 6.07 Å². The van der Waals surface area contributed by atoms with E-state index in [4.69, 9.17) is 22.5 Å². The molecule has 2 aromatic rings. The molecule has 0 radical (unpaired) electrons. The minimum absolute atomic E-state index is 0.0719. The molecule has 0 aromatic heterocycles. The van der Waals surface area contributed by atoms with Crippen LogP contribution in [0.1, 0.15) is 11.1 Å². The molecule has 0 aliphatic heterocycles. The molecule has 2 aromatic carbocycles. The number of halogens is 3. The van der Waals surface area contributed by atoms with Gasteiger partial charge in [-0.25, -0.2) is 4.39 Å². The quantitative estimate of drug-likeness (QED) is 0.232. The van der Waals surface area contributed by atoms with Gasteiger partial charge in [-0.3, -0.25) is 0 Å². The first-order chi connectivity index (χ1) is 10.0. The highest BCUT2D eigenvalue weighted by atomic mass is 127. The van der Waals surface area contributed by atoms with Gasteiger partial charge in [-0.15, -0.1) is 0 Å². The van der Waals surface area contributed by atoms with Crippen molar-refractivity contribution in [3.05, 3.63) is 61.9 Å². The summed E-state index contributed by atoms with van der Waals surface area (Å²) in [6, 6.07) is 10.2. The van der Waals surface area contributed by atoms with E-state index >= 15 is 0 Å². The Balaban J connectivity index is 2.21. The smallest absolute Gasteiger partial charge is 0.173 e. The van der Waals surface area contributed by atoms with Crippen LogP contribution in [0.25, 0.3) is 0 Å². The molecule has 0 saturated heterocycles. The zero-order valence-corrected chi connectivity index (χ0v) is 13.7. The highest BCUT2D eigenvalue weighted by molar-refractivity contribution is 14.1. The summed E-state index contributed by atoms with van der Waals surface area (Å²) in [7, 11) is 0. The number of benzene rings is 2. The Hall–Kier alpha value is -1.54. The van der Waals surface area contributed by atoms with E-state index < -0.39 is 5.82 Å². The van der Waals surface area contributed by atoms with Crippen molar-refractivity contribution in [2.45, 2.75) is 6.54 Å². The van der Waals surface area contributed by atoms with Gasteiger partial charge in [0.25, 0.3) is 0 Å². The molecule has 0 bridgehead atoms. The van der Waals surface area contributed by atoms with Crippen LogP contribution in [0.2, 0.25) is 5.02 Å². The Morgan fingerprint density at radius 2 is 2.14 bits per heavy atom. The molecule has 0 heterocycles. The Kier molecular flexibility index (Phi) is 5.24. The Labute approximate surface area is 139 Å². The summed E-state index contributed by atoms with van der Waals surface area (Å²) < 4.78 is 15.2. The minimum atomic E-state index is -0.510. The largest absolute Gasteiger partial charge is 0.409 e. The van der Waals surface area contributed by atoms with Gasteiger partial charge in [0.2, 0.25) is 0 Å². The van der Waals surface area contributed by atoms with Crippen LogP contribution in [-0.4, -0.2) is 11.0 Å². The molecule has 0 saturated carbocycles. The highest BCUT2D eigenvalue weighted by Crippen LogP contribution is 2.23. The molecule has 0 spiro atoms. The summed E-state index contributed by atoms with van der Waals surface area (Å²) in [6.07, 6.45) is 0. The maximum Gasteiger partial charge on any atom is 0.173 e. The molecule has 0 atom stereocenters. The highest BCUT2D eigenvalue weighted by Gasteiger charge is 2.11. The number of nitrogens with two attached hydrogens (primary N) is 1. The molecule has 4 N–H and O–H groups in total. The third kappa shape index (κ3) is 3.76. The van der Waals surface area contributed by atoms with Crippen LogP contribution in [0, 0.1) is 9.39 Å². The van der Waals surface area contributed by atoms with Crippen LogP contribution in [0.15, 0.2) is 41.6 Å². The second kappa shape index (κ2) is 6.95. The van der Waals surface area contributed by atoms with E-state index in [0.29, 0.717) is 10.6 Å². The van der Waals surface area contributed by atoms with Crippen LogP contribution < -0.4 is 11.1 Å².